The Hall–Kier alpha value is -1.06. The van der Waals surface area contributed by atoms with E-state index in [1.807, 2.05) is 19.1 Å². The number of methoxy groups -OCH3 is 1. The molecular weight excluding hydrogens is 190 g/mol. The number of ether oxygens (including phenoxy) is 2. The molecule has 1 aromatic rings. The molecule has 0 heterocycles. The van der Waals surface area contributed by atoms with Crippen LogP contribution in [0.2, 0.25) is 0 Å². The largest absolute Gasteiger partial charge is 0.486 e. The average Bonchev–Trinajstić information content (AvgIpc) is 2.21. The molecule has 15 heavy (non-hydrogen) atoms. The molecular formula is C12H19NO2. The Bertz CT molecular complexity index is 312. The molecule has 0 aromatic heterocycles. The zero-order valence-electron chi connectivity index (χ0n) is 9.62. The second-order valence-corrected chi connectivity index (χ2v) is 3.70. The first-order valence-corrected chi connectivity index (χ1v) is 5.10. The third-order valence-corrected chi connectivity index (χ3v) is 2.24. The van der Waals surface area contributed by atoms with Crippen molar-refractivity contribution in [3.05, 3.63) is 29.3 Å². The Morgan fingerprint density at radius 3 is 2.60 bits per heavy atom. The van der Waals surface area contributed by atoms with Crippen LogP contribution in [-0.4, -0.2) is 26.4 Å². The number of aryl methyl sites for hydroxylation is 2. The molecule has 0 radical (unpaired) electrons. The van der Waals surface area contributed by atoms with Gasteiger partial charge in [0.1, 0.15) is 11.9 Å². The maximum absolute atomic E-state index is 5.74. The van der Waals surface area contributed by atoms with Crippen LogP contribution in [0.25, 0.3) is 0 Å². The van der Waals surface area contributed by atoms with Gasteiger partial charge in [0, 0.05) is 13.7 Å². The molecule has 1 unspecified atom stereocenters. The molecule has 0 aliphatic carbocycles. The first-order chi connectivity index (χ1) is 7.17. The Kier molecular flexibility index (Phi) is 4.59. The second kappa shape index (κ2) is 5.73. The summed E-state index contributed by atoms with van der Waals surface area (Å²) in [6.07, 6.45) is -0.0728. The van der Waals surface area contributed by atoms with E-state index in [0.29, 0.717) is 13.2 Å². The highest BCUT2D eigenvalue weighted by atomic mass is 16.5. The van der Waals surface area contributed by atoms with Gasteiger partial charge in [0.25, 0.3) is 0 Å². The standard InChI is InChI=1S/C12H19NO2/c1-9-4-5-12(10(2)6-9)15-11(7-13)8-14-3/h4-6,11H,7-8,13H2,1-3H3. The maximum atomic E-state index is 5.74. The van der Waals surface area contributed by atoms with Crippen LogP contribution in [0.5, 0.6) is 5.75 Å². The van der Waals surface area contributed by atoms with Crippen LogP contribution in [0.4, 0.5) is 0 Å². The summed E-state index contributed by atoms with van der Waals surface area (Å²) in [4.78, 5) is 0. The monoisotopic (exact) mass is 209 g/mol. The van der Waals surface area contributed by atoms with Gasteiger partial charge < -0.3 is 15.2 Å². The third kappa shape index (κ3) is 3.53. The van der Waals surface area contributed by atoms with E-state index in [9.17, 15) is 0 Å². The van der Waals surface area contributed by atoms with Crippen molar-refractivity contribution in [2.75, 3.05) is 20.3 Å². The van der Waals surface area contributed by atoms with Crippen molar-refractivity contribution in [2.24, 2.45) is 5.73 Å². The summed E-state index contributed by atoms with van der Waals surface area (Å²) in [5.41, 5.74) is 7.94. The summed E-state index contributed by atoms with van der Waals surface area (Å²) >= 11 is 0. The van der Waals surface area contributed by atoms with E-state index in [-0.39, 0.29) is 6.10 Å². The number of hydrogen-bond donors (Lipinski definition) is 1. The first kappa shape index (κ1) is 12.0. The van der Waals surface area contributed by atoms with E-state index in [1.54, 1.807) is 7.11 Å². The lowest BCUT2D eigenvalue weighted by Gasteiger charge is -2.18. The molecule has 2 N–H and O–H groups in total. The van der Waals surface area contributed by atoms with Crippen LogP contribution in [0.15, 0.2) is 18.2 Å². The molecule has 0 saturated carbocycles. The number of rotatable bonds is 5. The Balaban J connectivity index is 2.70. The molecule has 0 saturated heterocycles. The van der Waals surface area contributed by atoms with Gasteiger partial charge in [-0.3, -0.25) is 0 Å². The summed E-state index contributed by atoms with van der Waals surface area (Å²) in [5, 5.41) is 0. The van der Waals surface area contributed by atoms with Gasteiger partial charge in [-0.2, -0.15) is 0 Å². The fourth-order valence-electron chi connectivity index (χ4n) is 1.45. The summed E-state index contributed by atoms with van der Waals surface area (Å²) in [5.74, 6) is 0.883. The van der Waals surface area contributed by atoms with Gasteiger partial charge in [-0.1, -0.05) is 17.7 Å². The van der Waals surface area contributed by atoms with Crippen LogP contribution in [0.3, 0.4) is 0 Å². The molecule has 1 aromatic carbocycles. The van der Waals surface area contributed by atoms with E-state index in [1.165, 1.54) is 5.56 Å². The summed E-state index contributed by atoms with van der Waals surface area (Å²) in [6, 6.07) is 6.10. The van der Waals surface area contributed by atoms with Crippen LogP contribution in [0.1, 0.15) is 11.1 Å². The fraction of sp³-hybridized carbons (Fsp3) is 0.500. The lowest BCUT2D eigenvalue weighted by atomic mass is 10.1. The molecule has 3 heteroatoms. The van der Waals surface area contributed by atoms with Crippen molar-refractivity contribution in [3.63, 3.8) is 0 Å². The van der Waals surface area contributed by atoms with E-state index in [4.69, 9.17) is 15.2 Å². The van der Waals surface area contributed by atoms with E-state index in [2.05, 4.69) is 13.0 Å². The van der Waals surface area contributed by atoms with Gasteiger partial charge in [0.2, 0.25) is 0 Å². The normalized spacial score (nSPS) is 12.5. The van der Waals surface area contributed by atoms with E-state index >= 15 is 0 Å². The summed E-state index contributed by atoms with van der Waals surface area (Å²) < 4.78 is 10.8. The lowest BCUT2D eigenvalue weighted by molar-refractivity contribution is 0.0856. The molecule has 84 valence electrons. The summed E-state index contributed by atoms with van der Waals surface area (Å²) in [6.45, 7) is 5.07. The van der Waals surface area contributed by atoms with Gasteiger partial charge in [-0.15, -0.1) is 0 Å². The number of nitrogens with two attached hydrogens (primary N) is 1. The first-order valence-electron chi connectivity index (χ1n) is 5.10. The minimum atomic E-state index is -0.0728. The SMILES string of the molecule is COCC(CN)Oc1ccc(C)cc1C. The molecule has 3 nitrogen and oxygen atoms in total. The van der Waals surface area contributed by atoms with Gasteiger partial charge in [0.05, 0.1) is 6.61 Å². The minimum Gasteiger partial charge on any atom is -0.486 e. The van der Waals surface area contributed by atoms with Crippen LogP contribution < -0.4 is 10.5 Å². The van der Waals surface area contributed by atoms with Crippen molar-refractivity contribution in [3.8, 4) is 5.75 Å². The third-order valence-electron chi connectivity index (χ3n) is 2.24. The van der Waals surface area contributed by atoms with Crippen molar-refractivity contribution in [2.45, 2.75) is 20.0 Å². The van der Waals surface area contributed by atoms with Gasteiger partial charge in [0.15, 0.2) is 0 Å². The highest BCUT2D eigenvalue weighted by molar-refractivity contribution is 5.35. The fourth-order valence-corrected chi connectivity index (χ4v) is 1.45. The van der Waals surface area contributed by atoms with Crippen LogP contribution >= 0.6 is 0 Å². The molecule has 0 fully saturated rings. The second-order valence-electron chi connectivity index (χ2n) is 3.70. The zero-order chi connectivity index (χ0) is 11.3. The van der Waals surface area contributed by atoms with Crippen LogP contribution in [0, 0.1) is 13.8 Å². The smallest absolute Gasteiger partial charge is 0.134 e. The van der Waals surface area contributed by atoms with Crippen molar-refractivity contribution < 1.29 is 9.47 Å². The molecule has 1 atom stereocenters. The van der Waals surface area contributed by atoms with Crippen molar-refractivity contribution in [1.82, 2.24) is 0 Å². The van der Waals surface area contributed by atoms with Gasteiger partial charge in [-0.05, 0) is 25.5 Å². The molecule has 0 aliphatic rings. The predicted molar refractivity (Wildman–Crippen MR) is 61.3 cm³/mol. The topological polar surface area (TPSA) is 44.5 Å². The highest BCUT2D eigenvalue weighted by Crippen LogP contribution is 2.19. The minimum absolute atomic E-state index is 0.0728. The number of hydrogen-bond acceptors (Lipinski definition) is 3. The zero-order valence-corrected chi connectivity index (χ0v) is 9.62. The Morgan fingerprint density at radius 2 is 2.07 bits per heavy atom. The molecule has 1 rings (SSSR count). The molecule has 0 aliphatic heterocycles. The predicted octanol–water partition coefficient (Wildman–Crippen LogP) is 1.66. The molecule has 0 spiro atoms. The molecule has 0 bridgehead atoms. The van der Waals surface area contributed by atoms with Gasteiger partial charge in [-0.25, -0.2) is 0 Å². The Labute approximate surface area is 91.2 Å². The van der Waals surface area contributed by atoms with Gasteiger partial charge >= 0.3 is 0 Å². The van der Waals surface area contributed by atoms with E-state index < -0.39 is 0 Å². The van der Waals surface area contributed by atoms with Crippen LogP contribution in [-0.2, 0) is 4.74 Å². The summed E-state index contributed by atoms with van der Waals surface area (Å²) in [7, 11) is 1.65. The number of benzene rings is 1. The highest BCUT2D eigenvalue weighted by Gasteiger charge is 2.09. The van der Waals surface area contributed by atoms with Crippen molar-refractivity contribution in [1.29, 1.82) is 0 Å². The van der Waals surface area contributed by atoms with E-state index in [0.717, 1.165) is 11.3 Å². The Morgan fingerprint density at radius 1 is 1.33 bits per heavy atom. The molecule has 0 amide bonds. The van der Waals surface area contributed by atoms with Crippen molar-refractivity contribution >= 4 is 0 Å². The average molecular weight is 209 g/mol. The quantitative estimate of drug-likeness (QED) is 0.802. The lowest BCUT2D eigenvalue weighted by Crippen LogP contribution is -2.31. The maximum Gasteiger partial charge on any atom is 0.134 e.